The summed E-state index contributed by atoms with van der Waals surface area (Å²) >= 11 is 0. The molecule has 0 saturated heterocycles. The summed E-state index contributed by atoms with van der Waals surface area (Å²) in [6.07, 6.45) is 15.3. The van der Waals surface area contributed by atoms with Gasteiger partial charge in [-0.3, -0.25) is 0 Å². The fourth-order valence-electron chi connectivity index (χ4n) is 10.6. The molecule has 3 nitrogen and oxygen atoms in total. The third kappa shape index (κ3) is 4.48. The molecule has 3 heteroatoms. The van der Waals surface area contributed by atoms with Gasteiger partial charge in [0.05, 0.1) is 17.0 Å². The quantitative estimate of drug-likeness (QED) is 0.254. The van der Waals surface area contributed by atoms with Gasteiger partial charge in [-0.2, -0.15) is 5.26 Å². The van der Waals surface area contributed by atoms with Crippen molar-refractivity contribution >= 4 is 5.97 Å². The van der Waals surface area contributed by atoms with E-state index < -0.39 is 0 Å². The lowest BCUT2D eigenvalue weighted by molar-refractivity contribution is -0.149. The van der Waals surface area contributed by atoms with Crippen molar-refractivity contribution in [1.29, 1.82) is 5.26 Å². The van der Waals surface area contributed by atoms with Crippen molar-refractivity contribution in [1.82, 2.24) is 0 Å². The molecular formula is C37H53NO2. The van der Waals surface area contributed by atoms with Gasteiger partial charge >= 0.3 is 5.97 Å². The number of esters is 1. The van der Waals surface area contributed by atoms with Gasteiger partial charge in [0.15, 0.2) is 0 Å². The van der Waals surface area contributed by atoms with Crippen LogP contribution in [0.3, 0.4) is 0 Å². The zero-order valence-electron chi connectivity index (χ0n) is 26.2. The number of allylic oxidation sites excluding steroid dienone is 2. The molecule has 218 valence electrons. The van der Waals surface area contributed by atoms with E-state index in [-0.39, 0.29) is 33.7 Å². The predicted molar refractivity (Wildman–Crippen MR) is 162 cm³/mol. The Hall–Kier alpha value is -2.08. The number of ether oxygens (including phenoxy) is 1. The molecule has 9 atom stereocenters. The Bertz CT molecular complexity index is 1150. The highest BCUT2D eigenvalue weighted by molar-refractivity contribution is 5.89. The Morgan fingerprint density at radius 3 is 2.38 bits per heavy atom. The summed E-state index contributed by atoms with van der Waals surface area (Å²) < 4.78 is 6.21. The van der Waals surface area contributed by atoms with Gasteiger partial charge in [0.1, 0.15) is 6.10 Å². The maximum atomic E-state index is 13.0. The van der Waals surface area contributed by atoms with Crippen molar-refractivity contribution in [3.8, 4) is 6.07 Å². The molecule has 40 heavy (non-hydrogen) atoms. The maximum Gasteiger partial charge on any atom is 0.338 e. The van der Waals surface area contributed by atoms with Crippen LogP contribution >= 0.6 is 0 Å². The number of nitrogens with zero attached hydrogens (tertiary/aromatic N) is 1. The van der Waals surface area contributed by atoms with Crippen LogP contribution in [0.5, 0.6) is 0 Å². The second-order valence-electron chi connectivity index (χ2n) is 15.6. The van der Waals surface area contributed by atoms with Crippen LogP contribution in [0.4, 0.5) is 0 Å². The SMILES string of the molecule is CC(C)CCC[C@@H](C)[C@H]1CC[C@@]2(C#N)[C@@H]3C=C[C@H]4C(C)(C)[C@@H](OC(=O)c5ccccc5)CC[C@]4(C)[C@H]3CC[C@]12C. The minimum atomic E-state index is -0.266. The minimum Gasteiger partial charge on any atom is -0.458 e. The average Bonchev–Trinajstić information content (AvgIpc) is 3.24. The lowest BCUT2D eigenvalue weighted by Gasteiger charge is -2.64. The Morgan fingerprint density at radius 1 is 0.975 bits per heavy atom. The van der Waals surface area contributed by atoms with Crippen molar-refractivity contribution in [3.05, 3.63) is 48.0 Å². The molecule has 0 bridgehead atoms. The van der Waals surface area contributed by atoms with Gasteiger partial charge in [0.2, 0.25) is 0 Å². The Balaban J connectivity index is 1.39. The monoisotopic (exact) mass is 543 g/mol. The first-order valence-corrected chi connectivity index (χ1v) is 16.3. The van der Waals surface area contributed by atoms with Gasteiger partial charge in [-0.25, -0.2) is 4.79 Å². The Kier molecular flexibility index (Phi) is 7.82. The van der Waals surface area contributed by atoms with E-state index in [1.807, 2.05) is 30.3 Å². The normalized spacial score (nSPS) is 40.4. The smallest absolute Gasteiger partial charge is 0.338 e. The van der Waals surface area contributed by atoms with Crippen LogP contribution in [0.2, 0.25) is 0 Å². The third-order valence-corrected chi connectivity index (χ3v) is 12.9. The molecule has 3 fully saturated rings. The molecule has 0 unspecified atom stereocenters. The molecule has 3 saturated carbocycles. The summed E-state index contributed by atoms with van der Waals surface area (Å²) in [7, 11) is 0. The molecule has 1 aromatic carbocycles. The molecule has 4 aliphatic rings. The third-order valence-electron chi connectivity index (χ3n) is 12.9. The van der Waals surface area contributed by atoms with Crippen LogP contribution in [-0.4, -0.2) is 12.1 Å². The first-order valence-electron chi connectivity index (χ1n) is 16.3. The van der Waals surface area contributed by atoms with Crippen molar-refractivity contribution in [2.24, 2.45) is 57.2 Å². The molecule has 1 aromatic rings. The molecule has 0 heterocycles. The summed E-state index contributed by atoms with van der Waals surface area (Å²) in [5.41, 5.74) is 0.402. The van der Waals surface area contributed by atoms with E-state index >= 15 is 0 Å². The van der Waals surface area contributed by atoms with Crippen LogP contribution in [0.15, 0.2) is 42.5 Å². The van der Waals surface area contributed by atoms with E-state index in [2.05, 4.69) is 66.7 Å². The van der Waals surface area contributed by atoms with Crippen molar-refractivity contribution in [3.63, 3.8) is 0 Å². The standard InChI is InChI=1S/C37H53NO2/c1-25(2)12-11-13-26(3)28-19-23-37(24-38)30-16-17-31-34(4,5)32(40-33(39)27-14-9-8-10-15-27)20-21-35(31,6)29(30)18-22-36(28,37)7/h8-10,14-17,25-26,28-32H,11-13,18-23H2,1-7H3/t26-,28-,29+,30-,31+,32+,35-,36-,37-/m1/s1. The molecule has 4 aliphatic carbocycles. The lowest BCUT2D eigenvalue weighted by atomic mass is 9.39. The summed E-state index contributed by atoms with van der Waals surface area (Å²) in [5.74, 6) is 3.04. The predicted octanol–water partition coefficient (Wildman–Crippen LogP) is 9.64. The van der Waals surface area contributed by atoms with E-state index in [9.17, 15) is 10.1 Å². The number of hydrogen-bond donors (Lipinski definition) is 0. The van der Waals surface area contributed by atoms with Gasteiger partial charge in [-0.1, -0.05) is 98.1 Å². The highest BCUT2D eigenvalue weighted by atomic mass is 16.5. The first kappa shape index (κ1) is 29.4. The number of hydrogen-bond acceptors (Lipinski definition) is 3. The molecule has 0 N–H and O–H groups in total. The van der Waals surface area contributed by atoms with Crippen LogP contribution in [-0.2, 0) is 4.74 Å². The van der Waals surface area contributed by atoms with Gasteiger partial charge < -0.3 is 4.74 Å². The van der Waals surface area contributed by atoms with E-state index in [1.54, 1.807) is 0 Å². The summed E-state index contributed by atoms with van der Waals surface area (Å²) in [5, 5.41) is 11.0. The first-order chi connectivity index (χ1) is 18.9. The zero-order valence-corrected chi connectivity index (χ0v) is 26.2. The molecule has 0 amide bonds. The highest BCUT2D eigenvalue weighted by Gasteiger charge is 2.69. The minimum absolute atomic E-state index is 0.0889. The van der Waals surface area contributed by atoms with Gasteiger partial charge in [-0.05, 0) is 97.0 Å². The Labute approximate surface area is 244 Å². The topological polar surface area (TPSA) is 50.1 Å². The maximum absolute atomic E-state index is 13.0. The highest BCUT2D eigenvalue weighted by Crippen LogP contribution is 2.73. The molecule has 0 aliphatic heterocycles. The summed E-state index contributed by atoms with van der Waals surface area (Å²) in [6.45, 7) is 16.7. The van der Waals surface area contributed by atoms with E-state index in [0.717, 1.165) is 25.2 Å². The molecule has 5 rings (SSSR count). The second-order valence-corrected chi connectivity index (χ2v) is 15.6. The van der Waals surface area contributed by atoms with Gasteiger partial charge in [0, 0.05) is 5.41 Å². The average molecular weight is 544 g/mol. The molecule has 0 spiro atoms. The van der Waals surface area contributed by atoms with Crippen molar-refractivity contribution in [2.75, 3.05) is 0 Å². The van der Waals surface area contributed by atoms with Crippen molar-refractivity contribution < 1.29 is 9.53 Å². The van der Waals surface area contributed by atoms with Crippen LogP contribution < -0.4 is 0 Å². The van der Waals surface area contributed by atoms with E-state index in [4.69, 9.17) is 4.74 Å². The molecule has 0 aromatic heterocycles. The summed E-state index contributed by atoms with van der Waals surface area (Å²) in [4.78, 5) is 13.0. The second kappa shape index (κ2) is 10.6. The zero-order chi connectivity index (χ0) is 28.9. The fourth-order valence-corrected chi connectivity index (χ4v) is 10.6. The number of nitriles is 1. The van der Waals surface area contributed by atoms with Crippen molar-refractivity contribution in [2.45, 2.75) is 112 Å². The number of carbonyl (C=O) groups excluding carboxylic acids is 1. The van der Waals surface area contributed by atoms with Crippen LogP contribution in [0, 0.1) is 68.5 Å². The molecular weight excluding hydrogens is 490 g/mol. The number of benzene rings is 1. The lowest BCUT2D eigenvalue weighted by Crippen LogP contribution is -2.60. The Morgan fingerprint density at radius 2 is 1.70 bits per heavy atom. The van der Waals surface area contributed by atoms with E-state index in [0.29, 0.717) is 35.2 Å². The number of rotatable bonds is 7. The van der Waals surface area contributed by atoms with E-state index in [1.165, 1.54) is 38.5 Å². The van der Waals surface area contributed by atoms with Gasteiger partial charge in [-0.15, -0.1) is 0 Å². The van der Waals surface area contributed by atoms with Crippen LogP contribution in [0.1, 0.15) is 117 Å². The summed E-state index contributed by atoms with van der Waals surface area (Å²) in [6, 6.07) is 12.4. The fraction of sp³-hybridized carbons (Fsp3) is 0.730. The number of carbonyl (C=O) groups is 1. The van der Waals surface area contributed by atoms with Gasteiger partial charge in [0.25, 0.3) is 0 Å². The van der Waals surface area contributed by atoms with Crippen LogP contribution in [0.25, 0.3) is 0 Å². The largest absolute Gasteiger partial charge is 0.458 e. The number of fused-ring (bicyclic) bond motifs is 5. The molecule has 0 radical (unpaired) electrons.